The van der Waals surface area contributed by atoms with Gasteiger partial charge in [0.15, 0.2) is 11.5 Å². The third kappa shape index (κ3) is 4.05. The van der Waals surface area contributed by atoms with Gasteiger partial charge in [-0.05, 0) is 13.8 Å². The zero-order valence-electron chi connectivity index (χ0n) is 11.1. The number of hydrogen-bond acceptors (Lipinski definition) is 5. The van der Waals surface area contributed by atoms with Crippen LogP contribution >= 0.6 is 11.3 Å². The zero-order valence-corrected chi connectivity index (χ0v) is 11.9. The Morgan fingerprint density at radius 2 is 2.11 bits per heavy atom. The van der Waals surface area contributed by atoms with E-state index in [1.54, 1.807) is 20.8 Å². The number of carbonyl (C=O) groups is 1. The molecule has 3 N–H and O–H groups in total. The molecule has 1 aromatic rings. The number of carbonyl (C=O) groups excluding carboxylic acids is 1. The van der Waals surface area contributed by atoms with Crippen LogP contribution in [0, 0.1) is 0 Å². The van der Waals surface area contributed by atoms with Gasteiger partial charge in [0, 0.05) is 6.42 Å². The fourth-order valence-corrected chi connectivity index (χ4v) is 2.51. The van der Waals surface area contributed by atoms with E-state index in [1.165, 1.54) is 0 Å². The highest BCUT2D eigenvalue weighted by Crippen LogP contribution is 2.43. The predicted molar refractivity (Wildman–Crippen MR) is 73.6 cm³/mol. The maximum atomic E-state index is 12.2. The number of anilines is 2. The molecule has 0 amide bonds. The number of halogens is 2. The molecule has 0 fully saturated rings. The van der Waals surface area contributed by atoms with Crippen molar-refractivity contribution in [1.29, 1.82) is 0 Å². The highest BCUT2D eigenvalue weighted by molar-refractivity contribution is 7.19. The largest absolute Gasteiger partial charge is 0.486 e. The molecule has 7 heteroatoms. The first kappa shape index (κ1) is 15.7. The number of nitrogens with one attached hydrogen (secondary N) is 1. The molecule has 108 valence electrons. The average Bonchev–Trinajstić information content (AvgIpc) is 2.63. The Morgan fingerprint density at radius 3 is 2.58 bits per heavy atom. The summed E-state index contributed by atoms with van der Waals surface area (Å²) in [7, 11) is 0. The van der Waals surface area contributed by atoms with Crippen LogP contribution in [0.15, 0.2) is 0 Å². The molecule has 0 saturated heterocycles. The van der Waals surface area contributed by atoms with Crippen LogP contribution in [-0.2, 0) is 0 Å². The summed E-state index contributed by atoms with van der Waals surface area (Å²) in [6, 6.07) is 0. The molecule has 0 atom stereocenters. The van der Waals surface area contributed by atoms with Gasteiger partial charge in [-0.3, -0.25) is 4.79 Å². The monoisotopic (exact) mass is 292 g/mol. The van der Waals surface area contributed by atoms with Gasteiger partial charge in [0.1, 0.15) is 5.00 Å². The molecular formula is C12H18F2N2O2S. The average molecular weight is 292 g/mol. The van der Waals surface area contributed by atoms with Crippen LogP contribution in [-0.4, -0.2) is 24.9 Å². The van der Waals surface area contributed by atoms with Crippen LogP contribution in [0.1, 0.15) is 36.9 Å². The third-order valence-corrected chi connectivity index (χ3v) is 3.43. The van der Waals surface area contributed by atoms with Gasteiger partial charge >= 0.3 is 0 Å². The first-order chi connectivity index (χ1) is 8.86. The Kier molecular flexibility index (Phi) is 5.53. The molecule has 0 aromatic carbocycles. The van der Waals surface area contributed by atoms with Gasteiger partial charge in [-0.1, -0.05) is 6.92 Å². The number of hydrogen-bond donors (Lipinski definition) is 2. The molecule has 0 aliphatic rings. The normalized spacial score (nSPS) is 11.1. The summed E-state index contributed by atoms with van der Waals surface area (Å²) in [6.07, 6.45) is -2.34. The molecule has 0 unspecified atom stereocenters. The van der Waals surface area contributed by atoms with E-state index < -0.39 is 13.0 Å². The molecule has 19 heavy (non-hydrogen) atoms. The second-order valence-electron chi connectivity index (χ2n) is 4.22. The fourth-order valence-electron chi connectivity index (χ4n) is 1.44. The maximum Gasteiger partial charge on any atom is 0.255 e. The molecule has 0 spiro atoms. The minimum Gasteiger partial charge on any atom is -0.486 e. The third-order valence-electron chi connectivity index (χ3n) is 2.24. The number of thiophene rings is 1. The lowest BCUT2D eigenvalue weighted by Gasteiger charge is -2.12. The standard InChI is InChI=1S/C12H18F2N2O2S/c1-4-7(17)11-9(15)10(18-6(2)3)12(19-11)16-5-8(13)14/h6,8,16H,4-5,15H2,1-3H3. The number of ketones is 1. The van der Waals surface area contributed by atoms with Crippen molar-refractivity contribution in [3.8, 4) is 5.75 Å². The fraction of sp³-hybridized carbons (Fsp3) is 0.583. The van der Waals surface area contributed by atoms with Crippen LogP contribution in [0.25, 0.3) is 0 Å². The van der Waals surface area contributed by atoms with Crippen molar-refractivity contribution in [2.45, 2.75) is 39.7 Å². The molecule has 0 radical (unpaired) electrons. The summed E-state index contributed by atoms with van der Waals surface area (Å²) in [4.78, 5) is 12.1. The lowest BCUT2D eigenvalue weighted by atomic mass is 10.2. The van der Waals surface area contributed by atoms with Crippen molar-refractivity contribution in [3.05, 3.63) is 4.88 Å². The molecule has 0 aliphatic heterocycles. The second kappa shape index (κ2) is 6.70. The van der Waals surface area contributed by atoms with E-state index in [2.05, 4.69) is 5.32 Å². The van der Waals surface area contributed by atoms with Gasteiger partial charge in [-0.2, -0.15) is 0 Å². The minimum absolute atomic E-state index is 0.124. The molecule has 0 saturated carbocycles. The molecule has 1 rings (SSSR count). The van der Waals surface area contributed by atoms with Gasteiger partial charge in [-0.15, -0.1) is 11.3 Å². The number of ether oxygens (including phenoxy) is 1. The molecule has 0 aliphatic carbocycles. The van der Waals surface area contributed by atoms with Gasteiger partial charge in [0.05, 0.1) is 23.2 Å². The Labute approximate surface area is 114 Å². The Balaban J connectivity index is 3.08. The summed E-state index contributed by atoms with van der Waals surface area (Å²) < 4.78 is 30.0. The Bertz CT molecular complexity index is 447. The van der Waals surface area contributed by atoms with Crippen LogP contribution in [0.5, 0.6) is 5.75 Å². The maximum absolute atomic E-state index is 12.2. The van der Waals surface area contributed by atoms with E-state index in [-0.39, 0.29) is 23.3 Å². The summed E-state index contributed by atoms with van der Waals surface area (Å²) in [5.74, 6) is 0.165. The summed E-state index contributed by atoms with van der Waals surface area (Å²) in [6.45, 7) is 4.82. The molecule has 1 aromatic heterocycles. The van der Waals surface area contributed by atoms with Crippen molar-refractivity contribution in [2.75, 3.05) is 17.6 Å². The predicted octanol–water partition coefficient (Wildman–Crippen LogP) is 3.39. The van der Waals surface area contributed by atoms with E-state index in [4.69, 9.17) is 10.5 Å². The number of rotatable bonds is 7. The van der Waals surface area contributed by atoms with Gasteiger partial charge in [-0.25, -0.2) is 8.78 Å². The summed E-state index contributed by atoms with van der Waals surface area (Å²) >= 11 is 1.06. The zero-order chi connectivity index (χ0) is 14.6. The number of Topliss-reactive ketones (excluding diaryl/α,β-unsaturated/α-hetero) is 1. The van der Waals surface area contributed by atoms with Crippen molar-refractivity contribution in [1.82, 2.24) is 0 Å². The summed E-state index contributed by atoms with van der Waals surface area (Å²) in [5.41, 5.74) is 6.10. The van der Waals surface area contributed by atoms with Gasteiger partial charge in [0.25, 0.3) is 6.43 Å². The first-order valence-electron chi connectivity index (χ1n) is 6.00. The number of nitrogens with two attached hydrogens (primary N) is 1. The molecular weight excluding hydrogens is 274 g/mol. The van der Waals surface area contributed by atoms with Crippen LogP contribution in [0.4, 0.5) is 19.5 Å². The van der Waals surface area contributed by atoms with Crippen LogP contribution in [0.2, 0.25) is 0 Å². The van der Waals surface area contributed by atoms with Crippen molar-refractivity contribution in [2.24, 2.45) is 0 Å². The van der Waals surface area contributed by atoms with Crippen LogP contribution in [0.3, 0.4) is 0 Å². The number of alkyl halides is 2. The topological polar surface area (TPSA) is 64.3 Å². The van der Waals surface area contributed by atoms with E-state index in [9.17, 15) is 13.6 Å². The lowest BCUT2D eigenvalue weighted by molar-refractivity contribution is 0.0992. The van der Waals surface area contributed by atoms with Crippen molar-refractivity contribution in [3.63, 3.8) is 0 Å². The number of nitrogen functional groups attached to an aromatic ring is 1. The van der Waals surface area contributed by atoms with Gasteiger partial charge < -0.3 is 15.8 Å². The Morgan fingerprint density at radius 1 is 1.47 bits per heavy atom. The van der Waals surface area contributed by atoms with Crippen molar-refractivity contribution >= 4 is 27.8 Å². The second-order valence-corrected chi connectivity index (χ2v) is 5.24. The molecule has 1 heterocycles. The quantitative estimate of drug-likeness (QED) is 0.756. The highest BCUT2D eigenvalue weighted by Gasteiger charge is 2.22. The van der Waals surface area contributed by atoms with E-state index in [0.717, 1.165) is 11.3 Å². The molecule has 4 nitrogen and oxygen atoms in total. The first-order valence-corrected chi connectivity index (χ1v) is 6.82. The molecule has 0 bridgehead atoms. The van der Waals surface area contributed by atoms with Crippen molar-refractivity contribution < 1.29 is 18.3 Å². The highest BCUT2D eigenvalue weighted by atomic mass is 32.1. The minimum atomic E-state index is -2.49. The van der Waals surface area contributed by atoms with E-state index >= 15 is 0 Å². The van der Waals surface area contributed by atoms with Gasteiger partial charge in [0.2, 0.25) is 0 Å². The smallest absolute Gasteiger partial charge is 0.255 e. The SMILES string of the molecule is CCC(=O)c1sc(NCC(F)F)c(OC(C)C)c1N. The summed E-state index contributed by atoms with van der Waals surface area (Å²) in [5, 5.41) is 2.95. The van der Waals surface area contributed by atoms with E-state index in [1.807, 2.05) is 0 Å². The van der Waals surface area contributed by atoms with E-state index in [0.29, 0.717) is 16.3 Å². The Hall–Kier alpha value is -1.37. The lowest BCUT2D eigenvalue weighted by Crippen LogP contribution is -2.12. The van der Waals surface area contributed by atoms with Crippen LogP contribution < -0.4 is 15.8 Å².